The van der Waals surface area contributed by atoms with Crippen molar-refractivity contribution in [1.29, 1.82) is 0 Å². The Balaban J connectivity index is 2.01. The predicted octanol–water partition coefficient (Wildman–Crippen LogP) is 5.05. The van der Waals surface area contributed by atoms with Crippen LogP contribution in [0.15, 0.2) is 54.7 Å². The van der Waals surface area contributed by atoms with Gasteiger partial charge in [0, 0.05) is 21.3 Å². The van der Waals surface area contributed by atoms with Gasteiger partial charge in [0.25, 0.3) is 0 Å². The lowest BCUT2D eigenvalue weighted by Gasteiger charge is -2.12. The molecule has 0 aliphatic rings. The molecule has 1 heterocycles. The minimum atomic E-state index is -1.04. The molecule has 0 spiro atoms. The lowest BCUT2D eigenvalue weighted by Crippen LogP contribution is -2.14. The molecule has 3 aromatic rings. The molecule has 122 valence electrons. The van der Waals surface area contributed by atoms with Crippen LogP contribution in [0.25, 0.3) is 5.69 Å². The van der Waals surface area contributed by atoms with Crippen LogP contribution in [0.3, 0.4) is 0 Å². The van der Waals surface area contributed by atoms with Crippen LogP contribution in [-0.2, 0) is 4.79 Å². The van der Waals surface area contributed by atoms with Gasteiger partial charge < -0.3 is 5.11 Å². The van der Waals surface area contributed by atoms with E-state index in [1.807, 2.05) is 0 Å². The van der Waals surface area contributed by atoms with Crippen LogP contribution in [0.4, 0.5) is 0 Å². The first-order chi connectivity index (χ1) is 11.5. The van der Waals surface area contributed by atoms with E-state index in [1.54, 1.807) is 53.3 Å². The van der Waals surface area contributed by atoms with Crippen LogP contribution in [0.5, 0.6) is 0 Å². The minimum absolute atomic E-state index is 0.288. The van der Waals surface area contributed by atoms with Gasteiger partial charge in [0.1, 0.15) is 5.92 Å². The van der Waals surface area contributed by atoms with Crippen LogP contribution in [0, 0.1) is 0 Å². The summed E-state index contributed by atoms with van der Waals surface area (Å²) in [6.07, 6.45) is 1.69. The molecule has 0 aliphatic carbocycles. The van der Waals surface area contributed by atoms with E-state index in [1.165, 1.54) is 6.07 Å². The van der Waals surface area contributed by atoms with Crippen LogP contribution in [-0.4, -0.2) is 20.9 Å². The fourth-order valence-corrected chi connectivity index (χ4v) is 3.03. The Hall–Kier alpha value is -2.01. The Morgan fingerprint density at radius 2 is 1.67 bits per heavy atom. The van der Waals surface area contributed by atoms with Gasteiger partial charge in [-0.3, -0.25) is 4.79 Å². The normalized spacial score (nSPS) is 12.1. The number of aliphatic carboxylic acids is 1. The third-order valence-corrected chi connectivity index (χ3v) is 4.33. The number of hydrogen-bond donors (Lipinski definition) is 1. The van der Waals surface area contributed by atoms with Crippen molar-refractivity contribution in [3.8, 4) is 5.69 Å². The minimum Gasteiger partial charge on any atom is -0.480 e. The maximum absolute atomic E-state index is 11.8. The first-order valence-corrected chi connectivity index (χ1v) is 8.08. The second kappa shape index (κ2) is 6.85. The zero-order valence-electron chi connectivity index (χ0n) is 12.2. The molecule has 1 atom stereocenters. The number of carboxylic acids is 1. The number of carbonyl (C=O) groups is 1. The SMILES string of the molecule is O=C(O)C(c1ccn(-c2ccc(Cl)cc2)n1)c1ccc(Cl)cc1Cl. The highest BCUT2D eigenvalue weighted by atomic mass is 35.5. The monoisotopic (exact) mass is 380 g/mol. The summed E-state index contributed by atoms with van der Waals surface area (Å²) in [7, 11) is 0. The molecule has 0 aliphatic heterocycles. The lowest BCUT2D eigenvalue weighted by atomic mass is 9.96. The Kier molecular flexibility index (Phi) is 4.81. The molecule has 0 amide bonds. The summed E-state index contributed by atoms with van der Waals surface area (Å²) < 4.78 is 1.59. The summed E-state index contributed by atoms with van der Waals surface area (Å²) in [6, 6.07) is 13.4. The molecule has 0 fully saturated rings. The van der Waals surface area contributed by atoms with Crippen molar-refractivity contribution in [3.63, 3.8) is 0 Å². The summed E-state index contributed by atoms with van der Waals surface area (Å²) in [4.78, 5) is 11.8. The Morgan fingerprint density at radius 1 is 1.00 bits per heavy atom. The number of aromatic nitrogens is 2. The van der Waals surface area contributed by atoms with Crippen LogP contribution >= 0.6 is 34.8 Å². The van der Waals surface area contributed by atoms with E-state index in [9.17, 15) is 9.90 Å². The Labute approximate surface area is 153 Å². The van der Waals surface area contributed by atoms with E-state index < -0.39 is 11.9 Å². The molecule has 0 radical (unpaired) electrons. The van der Waals surface area contributed by atoms with Crippen LogP contribution < -0.4 is 0 Å². The molecular weight excluding hydrogens is 371 g/mol. The van der Waals surface area contributed by atoms with Crippen molar-refractivity contribution in [2.45, 2.75) is 5.92 Å². The molecule has 1 N–H and O–H groups in total. The maximum Gasteiger partial charge on any atom is 0.317 e. The highest BCUT2D eigenvalue weighted by Gasteiger charge is 2.27. The van der Waals surface area contributed by atoms with Gasteiger partial charge in [0.05, 0.1) is 11.4 Å². The number of rotatable bonds is 4. The number of benzene rings is 2. The molecule has 4 nitrogen and oxygen atoms in total. The standard InChI is InChI=1S/C17H11Cl3N2O2/c18-10-1-4-12(5-2-10)22-8-7-15(21-22)16(17(23)24)13-6-3-11(19)9-14(13)20/h1-9,16H,(H,23,24). The molecule has 0 bridgehead atoms. The summed E-state index contributed by atoms with van der Waals surface area (Å²) in [5, 5.41) is 15.3. The number of hydrogen-bond acceptors (Lipinski definition) is 2. The number of nitrogens with zero attached hydrogens (tertiary/aromatic N) is 2. The smallest absolute Gasteiger partial charge is 0.317 e. The van der Waals surface area contributed by atoms with E-state index in [0.717, 1.165) is 5.69 Å². The van der Waals surface area contributed by atoms with Crippen molar-refractivity contribution in [2.75, 3.05) is 0 Å². The lowest BCUT2D eigenvalue weighted by molar-refractivity contribution is -0.137. The number of carboxylic acid groups (broad SMARTS) is 1. The van der Waals surface area contributed by atoms with E-state index in [4.69, 9.17) is 34.8 Å². The van der Waals surface area contributed by atoms with Gasteiger partial charge in [-0.15, -0.1) is 0 Å². The van der Waals surface area contributed by atoms with Crippen molar-refractivity contribution < 1.29 is 9.90 Å². The zero-order valence-corrected chi connectivity index (χ0v) is 14.4. The number of halogens is 3. The van der Waals surface area contributed by atoms with E-state index in [0.29, 0.717) is 21.3 Å². The molecule has 7 heteroatoms. The van der Waals surface area contributed by atoms with Gasteiger partial charge in [-0.1, -0.05) is 40.9 Å². The first kappa shape index (κ1) is 16.8. The summed E-state index contributed by atoms with van der Waals surface area (Å²) in [5.41, 5.74) is 1.59. The van der Waals surface area contributed by atoms with Gasteiger partial charge in [0.15, 0.2) is 0 Å². The fourth-order valence-electron chi connectivity index (χ4n) is 2.38. The van der Waals surface area contributed by atoms with Gasteiger partial charge >= 0.3 is 5.97 Å². The molecular formula is C17H11Cl3N2O2. The summed E-state index contributed by atoms with van der Waals surface area (Å²) >= 11 is 17.9. The Morgan fingerprint density at radius 3 is 2.29 bits per heavy atom. The highest BCUT2D eigenvalue weighted by molar-refractivity contribution is 6.35. The summed E-state index contributed by atoms with van der Waals surface area (Å²) in [5.74, 6) is -2.02. The van der Waals surface area contributed by atoms with Crippen molar-refractivity contribution in [2.24, 2.45) is 0 Å². The van der Waals surface area contributed by atoms with Crippen LogP contribution in [0.1, 0.15) is 17.2 Å². The van der Waals surface area contributed by atoms with Crippen LogP contribution in [0.2, 0.25) is 15.1 Å². The first-order valence-electron chi connectivity index (χ1n) is 6.95. The Bertz CT molecular complexity index is 891. The van der Waals surface area contributed by atoms with Gasteiger partial charge in [-0.25, -0.2) is 4.68 Å². The van der Waals surface area contributed by atoms with Crippen molar-refractivity contribution >= 4 is 40.8 Å². The third kappa shape index (κ3) is 3.41. The molecule has 0 saturated carbocycles. The molecule has 1 unspecified atom stereocenters. The van der Waals surface area contributed by atoms with E-state index in [2.05, 4.69) is 5.10 Å². The van der Waals surface area contributed by atoms with Gasteiger partial charge in [-0.2, -0.15) is 5.10 Å². The molecule has 0 saturated heterocycles. The molecule has 1 aromatic heterocycles. The highest BCUT2D eigenvalue weighted by Crippen LogP contribution is 2.32. The largest absolute Gasteiger partial charge is 0.480 e. The van der Waals surface area contributed by atoms with Gasteiger partial charge in [-0.05, 0) is 48.0 Å². The second-order valence-corrected chi connectivity index (χ2v) is 6.38. The van der Waals surface area contributed by atoms with Crippen molar-refractivity contribution in [3.05, 3.63) is 81.1 Å². The average molecular weight is 382 g/mol. The zero-order chi connectivity index (χ0) is 17.3. The van der Waals surface area contributed by atoms with Crippen molar-refractivity contribution in [1.82, 2.24) is 9.78 Å². The maximum atomic E-state index is 11.8. The quantitative estimate of drug-likeness (QED) is 0.688. The fraction of sp³-hybridized carbons (Fsp3) is 0.0588. The molecule has 3 rings (SSSR count). The van der Waals surface area contributed by atoms with Gasteiger partial charge in [0.2, 0.25) is 0 Å². The second-order valence-electron chi connectivity index (χ2n) is 5.10. The summed E-state index contributed by atoms with van der Waals surface area (Å²) in [6.45, 7) is 0. The molecule has 24 heavy (non-hydrogen) atoms. The van der Waals surface area contributed by atoms with E-state index >= 15 is 0 Å². The predicted molar refractivity (Wildman–Crippen MR) is 94.5 cm³/mol. The van der Waals surface area contributed by atoms with E-state index in [-0.39, 0.29) is 5.02 Å². The average Bonchev–Trinajstić information content (AvgIpc) is 2.99. The third-order valence-electron chi connectivity index (χ3n) is 3.52. The molecule has 2 aromatic carbocycles. The topological polar surface area (TPSA) is 55.1 Å².